The summed E-state index contributed by atoms with van der Waals surface area (Å²) in [5, 5.41) is 21.9. The van der Waals surface area contributed by atoms with Crippen molar-refractivity contribution in [2.75, 3.05) is 6.54 Å². The van der Waals surface area contributed by atoms with Crippen LogP contribution in [-0.4, -0.2) is 22.2 Å². The first-order valence-corrected chi connectivity index (χ1v) is 10.9. The molecule has 4 rings (SSSR count). The highest BCUT2D eigenvalue weighted by Crippen LogP contribution is 2.50. The summed E-state index contributed by atoms with van der Waals surface area (Å²) < 4.78 is 0. The van der Waals surface area contributed by atoms with Gasteiger partial charge in [0.15, 0.2) is 5.78 Å². The highest BCUT2D eigenvalue weighted by atomic mass is 16.6. The molecule has 0 amide bonds. The third kappa shape index (κ3) is 4.12. The number of nitrogens with two attached hydrogens (primary N) is 1. The van der Waals surface area contributed by atoms with Gasteiger partial charge in [-0.25, -0.2) is 0 Å². The quantitative estimate of drug-likeness (QED) is 0.536. The van der Waals surface area contributed by atoms with Gasteiger partial charge in [0.25, 0.3) is 5.69 Å². The molecular formula is C26H26N4O3. The summed E-state index contributed by atoms with van der Waals surface area (Å²) in [5.74, 6) is -0.668. The summed E-state index contributed by atoms with van der Waals surface area (Å²) in [6.07, 6.45) is 1.59. The number of ketones is 1. The van der Waals surface area contributed by atoms with Crippen LogP contribution in [0.4, 0.5) is 5.69 Å². The van der Waals surface area contributed by atoms with Crippen molar-refractivity contribution in [3.63, 3.8) is 0 Å². The van der Waals surface area contributed by atoms with Crippen LogP contribution in [0.5, 0.6) is 0 Å². The second-order valence-electron chi connectivity index (χ2n) is 9.35. The summed E-state index contributed by atoms with van der Waals surface area (Å²) in [5.41, 5.74) is 9.02. The van der Waals surface area contributed by atoms with Crippen LogP contribution in [-0.2, 0) is 11.2 Å². The van der Waals surface area contributed by atoms with Crippen molar-refractivity contribution in [3.8, 4) is 6.07 Å². The molecule has 0 radical (unpaired) electrons. The Morgan fingerprint density at radius 2 is 1.82 bits per heavy atom. The number of hydrogen-bond donors (Lipinski definition) is 1. The molecule has 168 valence electrons. The van der Waals surface area contributed by atoms with Crippen LogP contribution in [0.3, 0.4) is 0 Å². The monoisotopic (exact) mass is 442 g/mol. The van der Waals surface area contributed by atoms with Crippen LogP contribution in [0, 0.1) is 26.9 Å². The first-order chi connectivity index (χ1) is 15.7. The molecule has 1 aliphatic heterocycles. The Hall–Kier alpha value is -3.92. The van der Waals surface area contributed by atoms with Crippen LogP contribution in [0.25, 0.3) is 0 Å². The second kappa shape index (κ2) is 8.55. The maximum absolute atomic E-state index is 13.5. The largest absolute Gasteiger partial charge is 0.384 e. The van der Waals surface area contributed by atoms with E-state index in [1.165, 1.54) is 6.07 Å². The van der Waals surface area contributed by atoms with Crippen molar-refractivity contribution in [1.82, 2.24) is 4.90 Å². The third-order valence-corrected chi connectivity index (χ3v) is 6.40. The molecule has 2 aliphatic rings. The van der Waals surface area contributed by atoms with E-state index in [1.54, 1.807) is 18.2 Å². The van der Waals surface area contributed by atoms with Gasteiger partial charge in [0.1, 0.15) is 5.82 Å². The van der Waals surface area contributed by atoms with Crippen LogP contribution in [0.2, 0.25) is 0 Å². The van der Waals surface area contributed by atoms with Crippen molar-refractivity contribution < 1.29 is 9.72 Å². The lowest BCUT2D eigenvalue weighted by Gasteiger charge is -2.43. The first kappa shape index (κ1) is 22.3. The molecule has 0 saturated heterocycles. The van der Waals surface area contributed by atoms with Crippen LogP contribution >= 0.6 is 0 Å². The van der Waals surface area contributed by atoms with Gasteiger partial charge >= 0.3 is 0 Å². The number of nitro groups is 1. The Bertz CT molecular complexity index is 1220. The fourth-order valence-electron chi connectivity index (χ4n) is 4.92. The van der Waals surface area contributed by atoms with E-state index in [-0.39, 0.29) is 28.3 Å². The predicted molar refractivity (Wildman–Crippen MR) is 125 cm³/mol. The maximum atomic E-state index is 13.5. The number of nitrogens with zero attached hydrogens (tertiary/aromatic N) is 3. The second-order valence-corrected chi connectivity index (χ2v) is 9.35. The smallest absolute Gasteiger partial charge is 0.273 e. The number of hydrogen-bond acceptors (Lipinski definition) is 6. The summed E-state index contributed by atoms with van der Waals surface area (Å²) in [4.78, 5) is 26.7. The molecule has 2 N–H and O–H groups in total. The van der Waals surface area contributed by atoms with Gasteiger partial charge in [0, 0.05) is 35.9 Å². The number of carbonyl (C=O) groups excluding carboxylic acids is 1. The van der Waals surface area contributed by atoms with E-state index in [0.717, 1.165) is 11.3 Å². The molecule has 2 aromatic carbocycles. The minimum atomic E-state index is -0.844. The number of carbonyl (C=O) groups is 1. The topological polar surface area (TPSA) is 113 Å². The van der Waals surface area contributed by atoms with Crippen molar-refractivity contribution in [1.29, 1.82) is 5.26 Å². The molecule has 33 heavy (non-hydrogen) atoms. The number of para-hydroxylation sites is 1. The SMILES string of the molecule is CC1(C)CC(=O)C2=C(C1)N(CCc1ccccc1)C(N)=C(C#N)C2c1ccccc1[N+](=O)[O-]. The first-order valence-electron chi connectivity index (χ1n) is 10.9. The molecule has 1 unspecified atom stereocenters. The molecule has 0 bridgehead atoms. The Kier molecular flexibility index (Phi) is 5.77. The number of rotatable bonds is 5. The van der Waals surface area contributed by atoms with Crippen molar-refractivity contribution in [2.24, 2.45) is 11.1 Å². The van der Waals surface area contributed by atoms with Gasteiger partial charge in [-0.3, -0.25) is 14.9 Å². The zero-order valence-electron chi connectivity index (χ0n) is 18.7. The number of Topliss-reactive ketones (excluding diaryl/α,β-unsaturated/α-hetero) is 1. The Morgan fingerprint density at radius 1 is 1.15 bits per heavy atom. The Balaban J connectivity index is 1.88. The Morgan fingerprint density at radius 3 is 2.48 bits per heavy atom. The number of allylic oxidation sites excluding steroid dienone is 3. The fraction of sp³-hybridized carbons (Fsp3) is 0.308. The average molecular weight is 443 g/mol. The van der Waals surface area contributed by atoms with Crippen LogP contribution in [0.15, 0.2) is 77.3 Å². The number of benzene rings is 2. The normalized spacial score (nSPS) is 19.8. The van der Waals surface area contributed by atoms with E-state index in [2.05, 4.69) is 6.07 Å². The molecule has 7 nitrogen and oxygen atoms in total. The van der Waals surface area contributed by atoms with Gasteiger partial charge in [0.05, 0.1) is 22.5 Å². The van der Waals surface area contributed by atoms with Gasteiger partial charge in [-0.1, -0.05) is 62.4 Å². The van der Waals surface area contributed by atoms with E-state index < -0.39 is 10.8 Å². The minimum Gasteiger partial charge on any atom is -0.384 e. The van der Waals surface area contributed by atoms with Crippen molar-refractivity contribution in [2.45, 2.75) is 39.0 Å². The third-order valence-electron chi connectivity index (χ3n) is 6.40. The van der Waals surface area contributed by atoms with E-state index in [1.807, 2.05) is 49.1 Å². The fourth-order valence-corrected chi connectivity index (χ4v) is 4.92. The lowest BCUT2D eigenvalue weighted by molar-refractivity contribution is -0.385. The zero-order valence-corrected chi connectivity index (χ0v) is 18.7. The van der Waals surface area contributed by atoms with Crippen LogP contribution < -0.4 is 5.73 Å². The lowest BCUT2D eigenvalue weighted by atomic mass is 9.68. The van der Waals surface area contributed by atoms with E-state index in [4.69, 9.17) is 5.73 Å². The number of nitriles is 1. The summed E-state index contributed by atoms with van der Waals surface area (Å²) in [6, 6.07) is 18.4. The molecule has 1 atom stereocenters. The van der Waals surface area contributed by atoms with E-state index in [9.17, 15) is 20.2 Å². The van der Waals surface area contributed by atoms with Gasteiger partial charge in [-0.2, -0.15) is 5.26 Å². The van der Waals surface area contributed by atoms with Gasteiger partial charge in [0.2, 0.25) is 0 Å². The van der Waals surface area contributed by atoms with Gasteiger partial charge < -0.3 is 10.6 Å². The molecule has 1 aliphatic carbocycles. The highest BCUT2D eigenvalue weighted by molar-refractivity contribution is 6.00. The molecule has 0 saturated carbocycles. The number of nitro benzene ring substituents is 1. The maximum Gasteiger partial charge on any atom is 0.273 e. The van der Waals surface area contributed by atoms with E-state index >= 15 is 0 Å². The standard InChI is InChI=1S/C26H26N4O3/c1-26(2)14-21-24(22(31)15-26)23(18-10-6-7-11-20(18)30(32)33)19(16-27)25(28)29(21)13-12-17-8-4-3-5-9-17/h3-11,23H,12-15,28H2,1-2H3. The summed E-state index contributed by atoms with van der Waals surface area (Å²) >= 11 is 0. The molecular weight excluding hydrogens is 416 g/mol. The highest BCUT2D eigenvalue weighted by Gasteiger charge is 2.45. The molecule has 1 heterocycles. The average Bonchev–Trinajstić information content (AvgIpc) is 2.77. The van der Waals surface area contributed by atoms with Gasteiger partial charge in [-0.05, 0) is 23.8 Å². The summed E-state index contributed by atoms with van der Waals surface area (Å²) in [6.45, 7) is 4.57. The predicted octanol–water partition coefficient (Wildman–Crippen LogP) is 4.57. The van der Waals surface area contributed by atoms with Crippen molar-refractivity contribution in [3.05, 3.63) is 98.5 Å². The molecule has 0 spiro atoms. The molecule has 0 fully saturated rings. The zero-order chi connectivity index (χ0) is 23.8. The minimum absolute atomic E-state index is 0.0886. The molecule has 2 aromatic rings. The van der Waals surface area contributed by atoms with Crippen molar-refractivity contribution >= 4 is 11.5 Å². The van der Waals surface area contributed by atoms with Gasteiger partial charge in [-0.15, -0.1) is 0 Å². The summed E-state index contributed by atoms with van der Waals surface area (Å²) in [7, 11) is 0. The molecule has 0 aromatic heterocycles. The Labute approximate surface area is 193 Å². The molecule has 7 heteroatoms. The lowest BCUT2D eigenvalue weighted by Crippen LogP contribution is -2.42. The van der Waals surface area contributed by atoms with Crippen LogP contribution in [0.1, 0.15) is 43.7 Å². The van der Waals surface area contributed by atoms with E-state index in [0.29, 0.717) is 36.9 Å².